The minimum absolute atomic E-state index is 0.102. The Morgan fingerprint density at radius 2 is 1.65 bits per heavy atom. The molecule has 0 saturated heterocycles. The molecule has 3 rings (SSSR count). The van der Waals surface area contributed by atoms with Crippen LogP contribution in [0.2, 0.25) is 0 Å². The summed E-state index contributed by atoms with van der Waals surface area (Å²) in [7, 11) is 0. The van der Waals surface area contributed by atoms with E-state index in [1.165, 1.54) is 4.68 Å². The van der Waals surface area contributed by atoms with E-state index < -0.39 is 5.91 Å². The number of nitrogens with one attached hydrogen (secondary N) is 2. The fraction of sp³-hybridized carbons (Fsp3) is 0.333. The van der Waals surface area contributed by atoms with E-state index in [0.29, 0.717) is 28.7 Å². The number of aryl methyl sites for hydroxylation is 1. The van der Waals surface area contributed by atoms with Crippen molar-refractivity contribution in [3.8, 4) is 0 Å². The molecule has 0 spiro atoms. The first-order chi connectivity index (χ1) is 14.9. The molecule has 0 aliphatic carbocycles. The number of carbonyl (C=O) groups is 2. The van der Waals surface area contributed by atoms with Gasteiger partial charge in [-0.15, -0.1) is 0 Å². The summed E-state index contributed by atoms with van der Waals surface area (Å²) in [4.78, 5) is 37.8. The molecule has 2 amide bonds. The lowest BCUT2D eigenvalue weighted by Gasteiger charge is -2.12. The van der Waals surface area contributed by atoms with Crippen LogP contribution in [0, 0.1) is 5.92 Å². The van der Waals surface area contributed by atoms with Gasteiger partial charge in [-0.05, 0) is 30.7 Å². The van der Waals surface area contributed by atoms with Crippen molar-refractivity contribution in [2.75, 3.05) is 10.6 Å². The van der Waals surface area contributed by atoms with Crippen molar-refractivity contribution in [1.29, 1.82) is 0 Å². The lowest BCUT2D eigenvalue weighted by atomic mass is 10.1. The maximum Gasteiger partial charge on any atom is 0.276 e. The topological polar surface area (TPSA) is 93.1 Å². The summed E-state index contributed by atoms with van der Waals surface area (Å²) < 4.78 is 1.38. The minimum atomic E-state index is -0.409. The van der Waals surface area contributed by atoms with E-state index in [-0.39, 0.29) is 23.1 Å². The Morgan fingerprint density at radius 3 is 2.32 bits per heavy atom. The standard InChI is InChI=1S/C24H28N4O3/c1-4-5-8-14-28-24(31)20-13-7-6-12-19(20)21(27-28)23(30)26-18-11-9-10-17(15-18)25-22(29)16(2)3/h6-7,9-13,15-16H,4-5,8,14H2,1-3H3,(H,25,29)(H,26,30). The molecule has 7 nitrogen and oxygen atoms in total. The molecule has 2 N–H and O–H groups in total. The molecule has 0 radical (unpaired) electrons. The molecule has 0 bridgehead atoms. The number of anilines is 2. The largest absolute Gasteiger partial charge is 0.326 e. The predicted molar refractivity (Wildman–Crippen MR) is 123 cm³/mol. The van der Waals surface area contributed by atoms with Crippen LogP contribution >= 0.6 is 0 Å². The normalized spacial score (nSPS) is 11.0. The van der Waals surface area contributed by atoms with Gasteiger partial charge in [-0.2, -0.15) is 5.10 Å². The molecule has 0 fully saturated rings. The van der Waals surface area contributed by atoms with Crippen molar-refractivity contribution < 1.29 is 9.59 Å². The summed E-state index contributed by atoms with van der Waals surface area (Å²) in [5.41, 5.74) is 1.13. The molecule has 0 aliphatic rings. The van der Waals surface area contributed by atoms with Crippen molar-refractivity contribution in [1.82, 2.24) is 9.78 Å². The summed E-state index contributed by atoms with van der Waals surface area (Å²) >= 11 is 0. The van der Waals surface area contributed by atoms with Gasteiger partial charge in [-0.1, -0.05) is 57.9 Å². The molecule has 0 saturated carbocycles. The number of nitrogens with zero attached hydrogens (tertiary/aromatic N) is 2. The zero-order valence-corrected chi connectivity index (χ0v) is 18.1. The van der Waals surface area contributed by atoms with Crippen molar-refractivity contribution in [3.05, 3.63) is 64.6 Å². The molecule has 162 valence electrons. The highest BCUT2D eigenvalue weighted by Gasteiger charge is 2.17. The number of aromatic nitrogens is 2. The molecule has 1 aromatic heterocycles. The monoisotopic (exact) mass is 420 g/mol. The zero-order valence-electron chi connectivity index (χ0n) is 18.1. The number of amides is 2. The van der Waals surface area contributed by atoms with Gasteiger partial charge in [0.1, 0.15) is 0 Å². The molecule has 2 aromatic carbocycles. The molecule has 0 aliphatic heterocycles. The van der Waals surface area contributed by atoms with E-state index in [1.807, 2.05) is 13.8 Å². The van der Waals surface area contributed by atoms with E-state index >= 15 is 0 Å². The first-order valence-corrected chi connectivity index (χ1v) is 10.6. The van der Waals surface area contributed by atoms with Gasteiger partial charge in [0.2, 0.25) is 5.91 Å². The van der Waals surface area contributed by atoms with E-state index in [4.69, 9.17) is 0 Å². The summed E-state index contributed by atoms with van der Waals surface area (Å²) in [6.07, 6.45) is 2.83. The highest BCUT2D eigenvalue weighted by atomic mass is 16.2. The van der Waals surface area contributed by atoms with E-state index in [2.05, 4.69) is 22.7 Å². The third-order valence-corrected chi connectivity index (χ3v) is 4.97. The third-order valence-electron chi connectivity index (χ3n) is 4.97. The van der Waals surface area contributed by atoms with Crippen LogP contribution in [0.5, 0.6) is 0 Å². The lowest BCUT2D eigenvalue weighted by Crippen LogP contribution is -2.27. The van der Waals surface area contributed by atoms with Crippen molar-refractivity contribution in [3.63, 3.8) is 0 Å². The number of rotatable bonds is 8. The maximum absolute atomic E-state index is 13.1. The van der Waals surface area contributed by atoms with Crippen LogP contribution in [0.4, 0.5) is 11.4 Å². The summed E-state index contributed by atoms with van der Waals surface area (Å²) in [5.74, 6) is -0.661. The van der Waals surface area contributed by atoms with Gasteiger partial charge >= 0.3 is 0 Å². The fourth-order valence-electron chi connectivity index (χ4n) is 3.22. The average molecular weight is 421 g/mol. The van der Waals surface area contributed by atoms with E-state index in [1.54, 1.807) is 48.5 Å². The summed E-state index contributed by atoms with van der Waals surface area (Å²) in [5, 5.41) is 11.0. The molecule has 1 heterocycles. The van der Waals surface area contributed by atoms with Crippen molar-refractivity contribution >= 4 is 34.0 Å². The Balaban J connectivity index is 1.91. The van der Waals surface area contributed by atoms with Crippen LogP contribution in [0.15, 0.2) is 53.3 Å². The van der Waals surface area contributed by atoms with Crippen LogP contribution < -0.4 is 16.2 Å². The van der Waals surface area contributed by atoms with Crippen LogP contribution in [0.25, 0.3) is 10.8 Å². The lowest BCUT2D eigenvalue weighted by molar-refractivity contribution is -0.118. The van der Waals surface area contributed by atoms with Gasteiger partial charge in [0, 0.05) is 29.2 Å². The fourth-order valence-corrected chi connectivity index (χ4v) is 3.22. The number of hydrogen-bond acceptors (Lipinski definition) is 4. The first-order valence-electron chi connectivity index (χ1n) is 10.6. The SMILES string of the molecule is CCCCCn1nc(C(=O)Nc2cccc(NC(=O)C(C)C)c2)c2ccccc2c1=O. The Bertz CT molecular complexity index is 1150. The van der Waals surface area contributed by atoms with E-state index in [0.717, 1.165) is 19.3 Å². The Hall–Kier alpha value is -3.48. The number of unbranched alkanes of at least 4 members (excludes halogenated alkanes) is 2. The Labute approximate surface area is 181 Å². The summed E-state index contributed by atoms with van der Waals surface area (Å²) in [6, 6.07) is 14.0. The van der Waals surface area contributed by atoms with Crippen molar-refractivity contribution in [2.45, 2.75) is 46.6 Å². The van der Waals surface area contributed by atoms with Gasteiger partial charge in [0.15, 0.2) is 5.69 Å². The molecular formula is C24H28N4O3. The predicted octanol–water partition coefficient (Wildman–Crippen LogP) is 4.43. The smallest absolute Gasteiger partial charge is 0.276 e. The Morgan fingerprint density at radius 1 is 0.968 bits per heavy atom. The zero-order chi connectivity index (χ0) is 22.4. The number of fused-ring (bicyclic) bond motifs is 1. The number of carbonyl (C=O) groups excluding carboxylic acids is 2. The van der Waals surface area contributed by atoms with Gasteiger partial charge < -0.3 is 10.6 Å². The highest BCUT2D eigenvalue weighted by molar-refractivity contribution is 6.11. The van der Waals surface area contributed by atoms with Gasteiger partial charge in [-0.25, -0.2) is 4.68 Å². The van der Waals surface area contributed by atoms with Gasteiger partial charge in [-0.3, -0.25) is 14.4 Å². The third kappa shape index (κ3) is 5.36. The molecule has 3 aromatic rings. The second kappa shape index (κ2) is 10.0. The van der Waals surface area contributed by atoms with E-state index in [9.17, 15) is 14.4 Å². The highest BCUT2D eigenvalue weighted by Crippen LogP contribution is 2.19. The molecular weight excluding hydrogens is 392 g/mol. The van der Waals surface area contributed by atoms with Crippen LogP contribution in [0.3, 0.4) is 0 Å². The summed E-state index contributed by atoms with van der Waals surface area (Å²) in [6.45, 7) is 6.18. The first kappa shape index (κ1) is 22.2. The van der Waals surface area contributed by atoms with Gasteiger partial charge in [0.05, 0.1) is 5.39 Å². The van der Waals surface area contributed by atoms with Gasteiger partial charge in [0.25, 0.3) is 11.5 Å². The molecule has 7 heteroatoms. The molecule has 31 heavy (non-hydrogen) atoms. The number of hydrogen-bond donors (Lipinski definition) is 2. The van der Waals surface area contributed by atoms with Crippen molar-refractivity contribution in [2.24, 2.45) is 5.92 Å². The van der Waals surface area contributed by atoms with Crippen LogP contribution in [-0.2, 0) is 11.3 Å². The average Bonchev–Trinajstić information content (AvgIpc) is 2.75. The second-order valence-electron chi connectivity index (χ2n) is 7.81. The Kier molecular flexibility index (Phi) is 7.18. The van der Waals surface area contributed by atoms with Crippen LogP contribution in [0.1, 0.15) is 50.5 Å². The van der Waals surface area contributed by atoms with Crippen LogP contribution in [-0.4, -0.2) is 21.6 Å². The quantitative estimate of drug-likeness (QED) is 0.527. The maximum atomic E-state index is 13.1. The second-order valence-corrected chi connectivity index (χ2v) is 7.81. The molecule has 0 unspecified atom stereocenters. The number of benzene rings is 2. The minimum Gasteiger partial charge on any atom is -0.326 e. The molecule has 0 atom stereocenters.